The average Bonchev–Trinajstić information content (AvgIpc) is 2.64. The van der Waals surface area contributed by atoms with E-state index in [2.05, 4.69) is 17.4 Å². The van der Waals surface area contributed by atoms with Gasteiger partial charge in [-0.3, -0.25) is 4.79 Å². The maximum atomic E-state index is 12.3. The summed E-state index contributed by atoms with van der Waals surface area (Å²) in [6.07, 6.45) is 2.17. The van der Waals surface area contributed by atoms with Gasteiger partial charge in [-0.15, -0.1) is 0 Å². The largest absolute Gasteiger partial charge is 0.491 e. The molecule has 0 saturated heterocycles. The van der Waals surface area contributed by atoms with Crippen molar-refractivity contribution in [2.75, 3.05) is 6.54 Å². The highest BCUT2D eigenvalue weighted by atomic mass is 16.5. The van der Waals surface area contributed by atoms with Crippen molar-refractivity contribution in [1.82, 2.24) is 5.32 Å². The Morgan fingerprint density at radius 2 is 1.62 bits per heavy atom. The fraction of sp³-hybridized carbons (Fsp3) is 0.409. The van der Waals surface area contributed by atoms with E-state index in [1.165, 1.54) is 5.56 Å². The van der Waals surface area contributed by atoms with Crippen LogP contribution in [0.3, 0.4) is 0 Å². The third-order valence-electron chi connectivity index (χ3n) is 3.92. The minimum Gasteiger partial charge on any atom is -0.491 e. The van der Waals surface area contributed by atoms with Crippen LogP contribution in [0.5, 0.6) is 11.5 Å². The summed E-state index contributed by atoms with van der Waals surface area (Å²) in [5.74, 6) is 1.55. The first kappa shape index (κ1) is 19.8. The van der Waals surface area contributed by atoms with Gasteiger partial charge in [-0.25, -0.2) is 0 Å². The molecule has 0 saturated carbocycles. The minimum absolute atomic E-state index is 0.0583. The van der Waals surface area contributed by atoms with Crippen LogP contribution >= 0.6 is 0 Å². The molecule has 4 heteroatoms. The van der Waals surface area contributed by atoms with Gasteiger partial charge in [-0.1, -0.05) is 37.3 Å². The number of carbonyl (C=O) groups is 1. The highest BCUT2D eigenvalue weighted by molar-refractivity contribution is 5.81. The molecule has 0 aliphatic carbocycles. The third kappa shape index (κ3) is 6.79. The van der Waals surface area contributed by atoms with Gasteiger partial charge >= 0.3 is 0 Å². The molecule has 0 heterocycles. The lowest BCUT2D eigenvalue weighted by atomic mass is 10.1. The Hall–Kier alpha value is -2.49. The molecule has 0 radical (unpaired) electrons. The summed E-state index contributed by atoms with van der Waals surface area (Å²) in [5.41, 5.74) is 1.24. The normalized spacial score (nSPS) is 11.8. The standard InChI is InChI=1S/C22H29NO3/c1-4-21(26-19-10-6-5-7-11-19)22(24)23-16-8-9-18-12-14-20(15-13-18)25-17(2)3/h5-7,10-15,17,21H,4,8-9,16H2,1-3H3,(H,23,24)/t21-/m0/s1. The van der Waals surface area contributed by atoms with E-state index in [1.54, 1.807) is 0 Å². The summed E-state index contributed by atoms with van der Waals surface area (Å²) in [7, 11) is 0. The maximum absolute atomic E-state index is 12.3. The van der Waals surface area contributed by atoms with Crippen LogP contribution in [0.4, 0.5) is 0 Å². The molecule has 0 unspecified atom stereocenters. The minimum atomic E-state index is -0.454. The zero-order chi connectivity index (χ0) is 18.8. The van der Waals surface area contributed by atoms with Crippen LogP contribution in [0.25, 0.3) is 0 Å². The number of carbonyl (C=O) groups excluding carboxylic acids is 1. The van der Waals surface area contributed by atoms with E-state index in [0.29, 0.717) is 13.0 Å². The van der Waals surface area contributed by atoms with Crippen LogP contribution in [-0.4, -0.2) is 24.7 Å². The molecule has 2 rings (SSSR count). The van der Waals surface area contributed by atoms with E-state index in [9.17, 15) is 4.79 Å². The van der Waals surface area contributed by atoms with Gasteiger partial charge in [0.2, 0.25) is 0 Å². The summed E-state index contributed by atoms with van der Waals surface area (Å²) in [6, 6.07) is 17.6. The van der Waals surface area contributed by atoms with E-state index in [0.717, 1.165) is 24.3 Å². The molecule has 1 atom stereocenters. The van der Waals surface area contributed by atoms with Crippen molar-refractivity contribution in [1.29, 1.82) is 0 Å². The average molecular weight is 355 g/mol. The highest BCUT2D eigenvalue weighted by Gasteiger charge is 2.17. The van der Waals surface area contributed by atoms with E-state index < -0.39 is 6.10 Å². The van der Waals surface area contributed by atoms with Gasteiger partial charge < -0.3 is 14.8 Å². The Balaban J connectivity index is 1.71. The third-order valence-corrected chi connectivity index (χ3v) is 3.92. The number of hydrogen-bond acceptors (Lipinski definition) is 3. The van der Waals surface area contributed by atoms with E-state index in [-0.39, 0.29) is 12.0 Å². The van der Waals surface area contributed by atoms with Crippen LogP contribution < -0.4 is 14.8 Å². The number of benzene rings is 2. The molecule has 140 valence electrons. The molecule has 4 nitrogen and oxygen atoms in total. The zero-order valence-electron chi connectivity index (χ0n) is 15.9. The quantitative estimate of drug-likeness (QED) is 0.643. The van der Waals surface area contributed by atoms with Gasteiger partial charge in [0.25, 0.3) is 5.91 Å². The Kier molecular flexibility index (Phi) is 8.00. The number of aryl methyl sites for hydroxylation is 1. The van der Waals surface area contributed by atoms with E-state index in [4.69, 9.17) is 9.47 Å². The van der Waals surface area contributed by atoms with Crippen molar-refractivity contribution < 1.29 is 14.3 Å². The Morgan fingerprint density at radius 1 is 0.962 bits per heavy atom. The van der Waals surface area contributed by atoms with Crippen LogP contribution in [0.2, 0.25) is 0 Å². The predicted molar refractivity (Wildman–Crippen MR) is 105 cm³/mol. The summed E-state index contributed by atoms with van der Waals surface area (Å²) in [5, 5.41) is 2.97. The molecule has 2 aromatic carbocycles. The van der Waals surface area contributed by atoms with Crippen LogP contribution in [0, 0.1) is 0 Å². The van der Waals surface area contributed by atoms with Crippen molar-refractivity contribution in [3.8, 4) is 11.5 Å². The zero-order valence-corrected chi connectivity index (χ0v) is 15.9. The lowest BCUT2D eigenvalue weighted by Gasteiger charge is -2.17. The van der Waals surface area contributed by atoms with Crippen LogP contribution in [0.15, 0.2) is 54.6 Å². The summed E-state index contributed by atoms with van der Waals surface area (Å²) < 4.78 is 11.4. The molecule has 1 N–H and O–H groups in total. The fourth-order valence-electron chi connectivity index (χ4n) is 2.61. The smallest absolute Gasteiger partial charge is 0.261 e. The second-order valence-electron chi connectivity index (χ2n) is 6.53. The molecule has 2 aromatic rings. The number of para-hydroxylation sites is 1. The summed E-state index contributed by atoms with van der Waals surface area (Å²) in [4.78, 5) is 12.3. The Bertz CT molecular complexity index is 653. The molecular weight excluding hydrogens is 326 g/mol. The lowest BCUT2D eigenvalue weighted by molar-refractivity contribution is -0.128. The van der Waals surface area contributed by atoms with Gasteiger partial charge in [-0.2, -0.15) is 0 Å². The van der Waals surface area contributed by atoms with E-state index >= 15 is 0 Å². The highest BCUT2D eigenvalue weighted by Crippen LogP contribution is 2.15. The van der Waals surface area contributed by atoms with Gasteiger partial charge in [0.1, 0.15) is 11.5 Å². The topological polar surface area (TPSA) is 47.6 Å². The fourth-order valence-corrected chi connectivity index (χ4v) is 2.61. The summed E-state index contributed by atoms with van der Waals surface area (Å²) >= 11 is 0. The predicted octanol–water partition coefficient (Wildman–Crippen LogP) is 4.38. The number of amides is 1. The number of nitrogens with one attached hydrogen (secondary N) is 1. The second-order valence-corrected chi connectivity index (χ2v) is 6.53. The van der Waals surface area contributed by atoms with Crippen molar-refractivity contribution >= 4 is 5.91 Å². The number of hydrogen-bond donors (Lipinski definition) is 1. The number of rotatable bonds is 10. The van der Waals surface area contributed by atoms with Crippen LogP contribution in [-0.2, 0) is 11.2 Å². The van der Waals surface area contributed by atoms with Crippen molar-refractivity contribution in [2.45, 2.75) is 52.2 Å². The van der Waals surface area contributed by atoms with Crippen molar-refractivity contribution in [3.63, 3.8) is 0 Å². The van der Waals surface area contributed by atoms with Crippen LogP contribution in [0.1, 0.15) is 39.2 Å². The molecule has 0 fully saturated rings. The Labute approximate surface area is 156 Å². The first-order valence-electron chi connectivity index (χ1n) is 9.33. The molecular formula is C22H29NO3. The van der Waals surface area contributed by atoms with Crippen molar-refractivity contribution in [3.05, 3.63) is 60.2 Å². The van der Waals surface area contributed by atoms with E-state index in [1.807, 2.05) is 63.2 Å². The molecule has 1 amide bonds. The van der Waals surface area contributed by atoms with Gasteiger partial charge in [0, 0.05) is 6.54 Å². The van der Waals surface area contributed by atoms with Gasteiger partial charge in [0.15, 0.2) is 6.10 Å². The molecule has 0 spiro atoms. The van der Waals surface area contributed by atoms with Crippen molar-refractivity contribution in [2.24, 2.45) is 0 Å². The first-order valence-corrected chi connectivity index (χ1v) is 9.33. The van der Waals surface area contributed by atoms with Gasteiger partial charge in [0.05, 0.1) is 6.10 Å². The maximum Gasteiger partial charge on any atom is 0.261 e. The lowest BCUT2D eigenvalue weighted by Crippen LogP contribution is -2.38. The molecule has 0 aliphatic rings. The number of ether oxygens (including phenoxy) is 2. The molecule has 26 heavy (non-hydrogen) atoms. The molecule has 0 aliphatic heterocycles. The Morgan fingerprint density at radius 3 is 2.23 bits per heavy atom. The monoisotopic (exact) mass is 355 g/mol. The summed E-state index contributed by atoms with van der Waals surface area (Å²) in [6.45, 7) is 6.62. The first-order chi connectivity index (χ1) is 12.6. The molecule has 0 bridgehead atoms. The van der Waals surface area contributed by atoms with Gasteiger partial charge in [-0.05, 0) is 62.9 Å². The second kappa shape index (κ2) is 10.5. The molecule has 0 aromatic heterocycles. The SMILES string of the molecule is CC[C@H](Oc1ccccc1)C(=O)NCCCc1ccc(OC(C)C)cc1.